The highest BCUT2D eigenvalue weighted by Crippen LogP contribution is 2.43. The van der Waals surface area contributed by atoms with Gasteiger partial charge in [0.2, 0.25) is 0 Å². The Morgan fingerprint density at radius 1 is 0.412 bits per heavy atom. The minimum absolute atomic E-state index is 0.0268. The maximum atomic E-state index is 12.8. The molecule has 0 amide bonds. The van der Waals surface area contributed by atoms with E-state index in [-0.39, 0.29) is 13.0 Å². The van der Waals surface area contributed by atoms with Gasteiger partial charge in [-0.15, -0.1) is 0 Å². The summed E-state index contributed by atoms with van der Waals surface area (Å²) in [6.45, 7) is 3.98. The average Bonchev–Trinajstić information content (AvgIpc) is 3.32. The molecule has 0 bridgehead atoms. The van der Waals surface area contributed by atoms with Crippen molar-refractivity contribution in [2.45, 2.75) is 328 Å². The first kappa shape index (κ1) is 67.0. The second-order valence-electron chi connectivity index (χ2n) is 20.5. The molecule has 0 saturated heterocycles. The van der Waals surface area contributed by atoms with E-state index in [2.05, 4.69) is 13.8 Å². The molecular weight excluding hydrogens is 874 g/mol. The number of rotatable bonds is 58. The molecule has 0 aromatic rings. The number of carboxylic acid groups (broad SMARTS) is 1. The standard InChI is InChI=1S/C57H114NO9P/c1-3-5-7-9-11-13-15-17-19-21-23-25-26-27-28-29-30-31-33-35-37-39-41-43-45-47-49-56(59)67-54(52-65-68(62,63)66-53-55(58)57(60)61)51-64-50-48-46-44-42-40-38-36-34-32-24-22-20-18-16-14-12-10-8-6-4-2/h54-55H,3-53,58H2,1-2H3,(H,60,61)(H,62,63)/t54-,55+/m1/s1. The molecule has 0 rings (SSSR count). The van der Waals surface area contributed by atoms with Crippen molar-refractivity contribution in [1.82, 2.24) is 0 Å². The third kappa shape index (κ3) is 52.8. The molecule has 0 aliphatic carbocycles. The van der Waals surface area contributed by atoms with Crippen molar-refractivity contribution in [3.63, 3.8) is 0 Å². The maximum absolute atomic E-state index is 12.8. The van der Waals surface area contributed by atoms with Gasteiger partial charge in [-0.3, -0.25) is 18.6 Å². The maximum Gasteiger partial charge on any atom is 0.472 e. The van der Waals surface area contributed by atoms with Gasteiger partial charge in [0.25, 0.3) is 0 Å². The van der Waals surface area contributed by atoms with Crippen LogP contribution in [0.15, 0.2) is 0 Å². The van der Waals surface area contributed by atoms with Crippen molar-refractivity contribution >= 4 is 19.8 Å². The van der Waals surface area contributed by atoms with Gasteiger partial charge in [-0.25, -0.2) is 4.57 Å². The SMILES string of the molecule is CCCCCCCCCCCCCCCCCCCCCCCCCCCCC(=O)O[C@H](COCCCCCCCCCCCCCCCCCCCCCC)COP(=O)(O)OC[C@H](N)C(=O)O. The summed E-state index contributed by atoms with van der Waals surface area (Å²) in [4.78, 5) is 33.8. The molecule has 0 aromatic carbocycles. The summed E-state index contributed by atoms with van der Waals surface area (Å²) >= 11 is 0. The lowest BCUT2D eigenvalue weighted by Crippen LogP contribution is -2.34. The molecule has 68 heavy (non-hydrogen) atoms. The number of nitrogens with two attached hydrogens (primary N) is 1. The molecule has 0 aliphatic rings. The Balaban J connectivity index is 3.98. The quantitative estimate of drug-likeness (QED) is 0.0305. The van der Waals surface area contributed by atoms with Gasteiger partial charge in [0.1, 0.15) is 12.1 Å². The van der Waals surface area contributed by atoms with Crippen molar-refractivity contribution in [3.05, 3.63) is 0 Å². The van der Waals surface area contributed by atoms with E-state index in [4.69, 9.17) is 29.4 Å². The number of unbranched alkanes of at least 4 members (excludes halogenated alkanes) is 44. The minimum atomic E-state index is -4.62. The number of carbonyl (C=O) groups excluding carboxylic acids is 1. The van der Waals surface area contributed by atoms with Gasteiger partial charge >= 0.3 is 19.8 Å². The second-order valence-corrected chi connectivity index (χ2v) is 22.0. The Kier molecular flexibility index (Phi) is 52.9. The fourth-order valence-corrected chi connectivity index (χ4v) is 9.86. The number of carbonyl (C=O) groups is 2. The summed E-state index contributed by atoms with van der Waals surface area (Å²) in [6, 6.07) is -1.47. The van der Waals surface area contributed by atoms with Crippen LogP contribution in [0.2, 0.25) is 0 Å². The van der Waals surface area contributed by atoms with Gasteiger partial charge < -0.3 is 25.2 Å². The van der Waals surface area contributed by atoms with E-state index in [1.54, 1.807) is 0 Å². The van der Waals surface area contributed by atoms with Gasteiger partial charge in [-0.2, -0.15) is 0 Å². The predicted octanol–water partition coefficient (Wildman–Crippen LogP) is 17.8. The number of hydrogen-bond acceptors (Lipinski definition) is 8. The third-order valence-corrected chi connectivity index (χ3v) is 14.6. The molecule has 406 valence electrons. The summed E-state index contributed by atoms with van der Waals surface area (Å²) in [5.41, 5.74) is 5.39. The zero-order valence-corrected chi connectivity index (χ0v) is 45.9. The zero-order chi connectivity index (χ0) is 49.7. The van der Waals surface area contributed by atoms with Crippen LogP contribution in [0, 0.1) is 0 Å². The largest absolute Gasteiger partial charge is 0.480 e. The van der Waals surface area contributed by atoms with Crippen molar-refractivity contribution < 1.29 is 42.7 Å². The van der Waals surface area contributed by atoms with E-state index in [1.807, 2.05) is 0 Å². The van der Waals surface area contributed by atoms with Gasteiger partial charge in [0, 0.05) is 13.0 Å². The lowest BCUT2D eigenvalue weighted by atomic mass is 10.0. The molecule has 0 saturated carbocycles. The fraction of sp³-hybridized carbons (Fsp3) is 0.965. The number of esters is 1. The lowest BCUT2D eigenvalue weighted by molar-refractivity contribution is -0.154. The Labute approximate surface area is 420 Å². The van der Waals surface area contributed by atoms with E-state index in [1.165, 1.54) is 257 Å². The Morgan fingerprint density at radius 2 is 0.676 bits per heavy atom. The first-order chi connectivity index (χ1) is 33.2. The van der Waals surface area contributed by atoms with E-state index < -0.39 is 45.1 Å². The average molecular weight is 989 g/mol. The van der Waals surface area contributed by atoms with Crippen LogP contribution in [0.4, 0.5) is 0 Å². The molecule has 3 atom stereocenters. The van der Waals surface area contributed by atoms with Crippen LogP contribution in [0.25, 0.3) is 0 Å². The minimum Gasteiger partial charge on any atom is -0.480 e. The second kappa shape index (κ2) is 53.8. The van der Waals surface area contributed by atoms with Crippen LogP contribution in [0.5, 0.6) is 0 Å². The van der Waals surface area contributed by atoms with Crippen molar-refractivity contribution in [3.8, 4) is 0 Å². The highest BCUT2D eigenvalue weighted by atomic mass is 31.2. The first-order valence-electron chi connectivity index (χ1n) is 29.6. The van der Waals surface area contributed by atoms with Gasteiger partial charge in [-0.05, 0) is 12.8 Å². The number of phosphoric ester groups is 1. The molecule has 0 spiro atoms. The third-order valence-electron chi connectivity index (χ3n) is 13.6. The number of ether oxygens (including phenoxy) is 2. The number of carboxylic acids is 1. The van der Waals surface area contributed by atoms with Crippen LogP contribution in [0.3, 0.4) is 0 Å². The number of aliphatic carboxylic acids is 1. The summed E-state index contributed by atoms with van der Waals surface area (Å²) < 4.78 is 33.6. The van der Waals surface area contributed by atoms with Crippen molar-refractivity contribution in [1.29, 1.82) is 0 Å². The summed E-state index contributed by atoms with van der Waals surface area (Å²) in [5.74, 6) is -1.76. The molecule has 0 radical (unpaired) electrons. The van der Waals surface area contributed by atoms with Crippen LogP contribution in [0.1, 0.15) is 316 Å². The van der Waals surface area contributed by atoms with Gasteiger partial charge in [0.05, 0.1) is 19.8 Å². The van der Waals surface area contributed by atoms with Gasteiger partial charge in [0.15, 0.2) is 0 Å². The fourth-order valence-electron chi connectivity index (χ4n) is 9.08. The molecule has 0 fully saturated rings. The van der Waals surface area contributed by atoms with Crippen LogP contribution < -0.4 is 5.73 Å². The molecule has 10 nitrogen and oxygen atoms in total. The molecule has 0 heterocycles. The normalized spacial score (nSPS) is 13.5. The van der Waals surface area contributed by atoms with E-state index in [0.29, 0.717) is 6.61 Å². The van der Waals surface area contributed by atoms with Crippen molar-refractivity contribution in [2.24, 2.45) is 5.73 Å². The number of phosphoric acid groups is 1. The summed E-state index contributed by atoms with van der Waals surface area (Å²) in [5, 5.41) is 8.95. The van der Waals surface area contributed by atoms with Crippen LogP contribution >= 0.6 is 7.82 Å². The molecule has 0 aliphatic heterocycles. The first-order valence-corrected chi connectivity index (χ1v) is 31.1. The van der Waals surface area contributed by atoms with E-state index >= 15 is 0 Å². The lowest BCUT2D eigenvalue weighted by Gasteiger charge is -2.20. The summed E-state index contributed by atoms with van der Waals surface area (Å²) in [6.07, 6.45) is 60.4. The smallest absolute Gasteiger partial charge is 0.472 e. The van der Waals surface area contributed by atoms with Crippen LogP contribution in [-0.2, 0) is 32.7 Å². The molecular formula is C57H114NO9P. The van der Waals surface area contributed by atoms with Crippen molar-refractivity contribution in [2.75, 3.05) is 26.4 Å². The molecule has 4 N–H and O–H groups in total. The zero-order valence-electron chi connectivity index (χ0n) is 45.0. The highest BCUT2D eigenvalue weighted by Gasteiger charge is 2.27. The van der Waals surface area contributed by atoms with Crippen LogP contribution in [-0.4, -0.2) is 60.5 Å². The summed E-state index contributed by atoms with van der Waals surface area (Å²) in [7, 11) is -4.62. The van der Waals surface area contributed by atoms with E-state index in [9.17, 15) is 19.0 Å². The monoisotopic (exact) mass is 988 g/mol. The Hall–Kier alpha value is -1.03. The molecule has 11 heteroatoms. The topological polar surface area (TPSA) is 155 Å². The molecule has 0 aromatic heterocycles. The highest BCUT2D eigenvalue weighted by molar-refractivity contribution is 7.47. The predicted molar refractivity (Wildman–Crippen MR) is 286 cm³/mol. The van der Waals surface area contributed by atoms with E-state index in [0.717, 1.165) is 38.5 Å². The number of hydrogen-bond donors (Lipinski definition) is 3. The Bertz CT molecular complexity index is 1100. The Morgan fingerprint density at radius 3 is 0.971 bits per heavy atom. The molecule has 1 unspecified atom stereocenters. The van der Waals surface area contributed by atoms with Gasteiger partial charge in [-0.1, -0.05) is 296 Å².